The molecule has 2 amide bonds. The third-order valence-electron chi connectivity index (χ3n) is 3.99. The normalized spacial score (nSPS) is 10.2. The number of nitrogens with one attached hydrogen (secondary N) is 2. The number of carbonyl (C=O) groups excluding carboxylic acids is 2. The average molecular weight is 415 g/mol. The van der Waals surface area contributed by atoms with Crippen molar-refractivity contribution >= 4 is 17.5 Å². The van der Waals surface area contributed by atoms with Gasteiger partial charge in [0, 0.05) is 11.3 Å². The molecule has 0 aliphatic heterocycles. The van der Waals surface area contributed by atoms with Crippen molar-refractivity contribution in [2.45, 2.75) is 33.6 Å². The first-order chi connectivity index (χ1) is 14.6. The van der Waals surface area contributed by atoms with Gasteiger partial charge in [0.05, 0.1) is 26.4 Å². The van der Waals surface area contributed by atoms with Crippen LogP contribution in [0.2, 0.25) is 0 Å². The maximum absolute atomic E-state index is 12.5. The van der Waals surface area contributed by atoms with Crippen LogP contribution in [0.15, 0.2) is 42.5 Å². The van der Waals surface area contributed by atoms with Gasteiger partial charge >= 0.3 is 0 Å². The Morgan fingerprint density at radius 3 is 2.13 bits per heavy atom. The molecule has 0 fully saturated rings. The van der Waals surface area contributed by atoms with Gasteiger partial charge in [-0.1, -0.05) is 13.8 Å². The lowest BCUT2D eigenvalue weighted by atomic mass is 10.2. The molecule has 0 unspecified atom stereocenters. The van der Waals surface area contributed by atoms with Crippen LogP contribution in [0.5, 0.6) is 17.2 Å². The lowest BCUT2D eigenvalue weighted by Crippen LogP contribution is -2.32. The van der Waals surface area contributed by atoms with Crippen molar-refractivity contribution in [1.29, 1.82) is 0 Å². The summed E-state index contributed by atoms with van der Waals surface area (Å²) in [5.41, 5.74) is 1.03. The topological polar surface area (TPSA) is 85.9 Å². The minimum Gasteiger partial charge on any atom is -0.494 e. The maximum Gasteiger partial charge on any atom is 0.251 e. The van der Waals surface area contributed by atoms with E-state index in [-0.39, 0.29) is 18.4 Å². The second-order valence-corrected chi connectivity index (χ2v) is 6.55. The van der Waals surface area contributed by atoms with Crippen molar-refractivity contribution in [1.82, 2.24) is 5.32 Å². The molecule has 0 aliphatic rings. The van der Waals surface area contributed by atoms with E-state index in [0.29, 0.717) is 42.6 Å². The molecule has 0 aliphatic carbocycles. The number of hydrogen-bond acceptors (Lipinski definition) is 5. The van der Waals surface area contributed by atoms with Gasteiger partial charge in [-0.3, -0.25) is 9.59 Å². The number of amides is 2. The second-order valence-electron chi connectivity index (χ2n) is 6.55. The fraction of sp³-hybridized carbons (Fsp3) is 0.391. The van der Waals surface area contributed by atoms with Crippen molar-refractivity contribution in [2.24, 2.45) is 0 Å². The first-order valence-electron chi connectivity index (χ1n) is 10.3. The van der Waals surface area contributed by atoms with Gasteiger partial charge in [0.15, 0.2) is 11.5 Å². The summed E-state index contributed by atoms with van der Waals surface area (Å²) in [4.78, 5) is 24.6. The Kier molecular flexibility index (Phi) is 9.51. The predicted octanol–water partition coefficient (Wildman–Crippen LogP) is 4.03. The number of carbonyl (C=O) groups is 2. The molecule has 30 heavy (non-hydrogen) atoms. The van der Waals surface area contributed by atoms with Gasteiger partial charge in [-0.25, -0.2) is 0 Å². The lowest BCUT2D eigenvalue weighted by Gasteiger charge is -2.13. The van der Waals surface area contributed by atoms with Crippen LogP contribution in [0.4, 0.5) is 5.69 Å². The van der Waals surface area contributed by atoms with Crippen molar-refractivity contribution < 1.29 is 23.8 Å². The molecule has 0 bridgehead atoms. The zero-order valence-corrected chi connectivity index (χ0v) is 17.8. The van der Waals surface area contributed by atoms with E-state index in [2.05, 4.69) is 10.6 Å². The number of anilines is 1. The van der Waals surface area contributed by atoms with Crippen LogP contribution in [0.25, 0.3) is 0 Å². The van der Waals surface area contributed by atoms with Crippen molar-refractivity contribution in [3.63, 3.8) is 0 Å². The summed E-state index contributed by atoms with van der Waals surface area (Å²) in [6.45, 7) is 7.46. The van der Waals surface area contributed by atoms with Gasteiger partial charge in [-0.2, -0.15) is 0 Å². The van der Waals surface area contributed by atoms with Crippen LogP contribution < -0.4 is 24.8 Å². The first-order valence-corrected chi connectivity index (χ1v) is 10.3. The third kappa shape index (κ3) is 7.31. The van der Waals surface area contributed by atoms with Crippen LogP contribution in [0.1, 0.15) is 44.0 Å². The Bertz CT molecular complexity index is 821. The molecular weight excluding hydrogens is 384 g/mol. The molecule has 7 heteroatoms. The number of hydrogen-bond donors (Lipinski definition) is 2. The zero-order valence-electron chi connectivity index (χ0n) is 17.8. The van der Waals surface area contributed by atoms with Crippen LogP contribution >= 0.6 is 0 Å². The summed E-state index contributed by atoms with van der Waals surface area (Å²) in [6.07, 6.45) is 1.72. The maximum atomic E-state index is 12.5. The van der Waals surface area contributed by atoms with Crippen LogP contribution in [-0.2, 0) is 4.79 Å². The van der Waals surface area contributed by atoms with E-state index in [0.717, 1.165) is 18.6 Å². The van der Waals surface area contributed by atoms with E-state index < -0.39 is 0 Å². The molecule has 0 spiro atoms. The molecule has 0 atom stereocenters. The van der Waals surface area contributed by atoms with E-state index in [4.69, 9.17) is 14.2 Å². The molecule has 2 rings (SSSR count). The fourth-order valence-electron chi connectivity index (χ4n) is 2.57. The van der Waals surface area contributed by atoms with Gasteiger partial charge in [0.25, 0.3) is 5.91 Å². The third-order valence-corrected chi connectivity index (χ3v) is 3.99. The zero-order chi connectivity index (χ0) is 21.8. The molecule has 0 radical (unpaired) electrons. The van der Waals surface area contributed by atoms with Gasteiger partial charge in [-0.15, -0.1) is 0 Å². The Morgan fingerprint density at radius 1 is 0.833 bits per heavy atom. The van der Waals surface area contributed by atoms with E-state index in [1.807, 2.05) is 20.8 Å². The summed E-state index contributed by atoms with van der Waals surface area (Å²) in [5.74, 6) is 1.18. The van der Waals surface area contributed by atoms with E-state index in [1.54, 1.807) is 42.5 Å². The van der Waals surface area contributed by atoms with Crippen LogP contribution in [0.3, 0.4) is 0 Å². The van der Waals surface area contributed by atoms with Crippen LogP contribution in [-0.4, -0.2) is 38.2 Å². The van der Waals surface area contributed by atoms with Crippen LogP contribution in [0, 0.1) is 0 Å². The highest BCUT2D eigenvalue weighted by atomic mass is 16.5. The molecule has 0 aromatic heterocycles. The number of ether oxygens (including phenoxy) is 3. The van der Waals surface area contributed by atoms with Crippen molar-refractivity contribution in [2.75, 3.05) is 31.7 Å². The van der Waals surface area contributed by atoms with Gasteiger partial charge in [-0.05, 0) is 62.2 Å². The standard InChI is InChI=1S/C23H30N2O5/c1-4-13-29-20-12-7-17(15-21(20)30-14-5-2)23(27)24-16-22(26)25-18-8-10-19(11-9-18)28-6-3/h7-12,15H,4-6,13-14,16H2,1-3H3,(H,24,27)(H,25,26). The van der Waals surface area contributed by atoms with Gasteiger partial charge in [0.2, 0.25) is 5.91 Å². The van der Waals surface area contributed by atoms with Crippen molar-refractivity contribution in [3.05, 3.63) is 48.0 Å². The Labute approximate surface area is 177 Å². The first kappa shape index (κ1) is 23.1. The second kappa shape index (κ2) is 12.4. The SMILES string of the molecule is CCCOc1ccc(C(=O)NCC(=O)Nc2ccc(OCC)cc2)cc1OCCC. The Hall–Kier alpha value is -3.22. The summed E-state index contributed by atoms with van der Waals surface area (Å²) in [7, 11) is 0. The minimum atomic E-state index is -0.361. The summed E-state index contributed by atoms with van der Waals surface area (Å²) >= 11 is 0. The highest BCUT2D eigenvalue weighted by Gasteiger charge is 2.13. The quantitative estimate of drug-likeness (QED) is 0.548. The monoisotopic (exact) mass is 414 g/mol. The molecule has 0 saturated heterocycles. The molecule has 0 saturated carbocycles. The molecule has 2 N–H and O–H groups in total. The molecule has 7 nitrogen and oxygen atoms in total. The molecular formula is C23H30N2O5. The van der Waals surface area contributed by atoms with Crippen molar-refractivity contribution in [3.8, 4) is 17.2 Å². The Balaban J connectivity index is 1.93. The highest BCUT2D eigenvalue weighted by Crippen LogP contribution is 2.29. The van der Waals surface area contributed by atoms with E-state index in [1.165, 1.54) is 0 Å². The molecule has 2 aromatic carbocycles. The summed E-state index contributed by atoms with van der Waals surface area (Å²) < 4.78 is 16.8. The van der Waals surface area contributed by atoms with E-state index in [9.17, 15) is 9.59 Å². The van der Waals surface area contributed by atoms with E-state index >= 15 is 0 Å². The average Bonchev–Trinajstić information content (AvgIpc) is 2.76. The number of benzene rings is 2. The summed E-state index contributed by atoms with van der Waals surface area (Å²) in [6, 6.07) is 12.1. The number of rotatable bonds is 12. The highest BCUT2D eigenvalue weighted by molar-refractivity contribution is 5.99. The largest absolute Gasteiger partial charge is 0.494 e. The predicted molar refractivity (Wildman–Crippen MR) is 117 cm³/mol. The minimum absolute atomic E-state index is 0.148. The fourth-order valence-corrected chi connectivity index (χ4v) is 2.57. The van der Waals surface area contributed by atoms with Gasteiger partial charge in [0.1, 0.15) is 5.75 Å². The Morgan fingerprint density at radius 2 is 1.50 bits per heavy atom. The van der Waals surface area contributed by atoms with Gasteiger partial charge < -0.3 is 24.8 Å². The summed E-state index contributed by atoms with van der Waals surface area (Å²) in [5, 5.41) is 5.36. The smallest absolute Gasteiger partial charge is 0.251 e. The molecule has 2 aromatic rings. The lowest BCUT2D eigenvalue weighted by molar-refractivity contribution is -0.115. The molecule has 162 valence electrons. The molecule has 0 heterocycles.